The fourth-order valence-electron chi connectivity index (χ4n) is 1.66. The molecule has 0 saturated carbocycles. The van der Waals surface area contributed by atoms with Gasteiger partial charge in [0.1, 0.15) is 17.3 Å². The molecule has 0 saturated heterocycles. The summed E-state index contributed by atoms with van der Waals surface area (Å²) in [7, 11) is 1.31. The van der Waals surface area contributed by atoms with E-state index in [1.165, 1.54) is 13.2 Å². The first-order valence-electron chi connectivity index (χ1n) is 5.55. The molecule has 3 nitrogen and oxygen atoms in total. The molecule has 102 valence electrons. The highest BCUT2D eigenvalue weighted by Gasteiger charge is 2.14. The molecule has 0 fully saturated rings. The Morgan fingerprint density at radius 2 is 1.75 bits per heavy atom. The molecular weight excluding hydrogens is 269 g/mol. The van der Waals surface area contributed by atoms with Crippen molar-refractivity contribution >= 4 is 11.4 Å². The number of nitrogens with zero attached hydrogens (tertiary/aromatic N) is 1. The lowest BCUT2D eigenvalue weighted by molar-refractivity contribution is 0.413. The van der Waals surface area contributed by atoms with Crippen LogP contribution in [0.25, 0.3) is 0 Å². The predicted octanol–water partition coefficient (Wildman–Crippen LogP) is 3.73. The highest BCUT2D eigenvalue weighted by molar-refractivity contribution is 5.67. The molecule has 20 heavy (non-hydrogen) atoms. The second kappa shape index (κ2) is 5.53. The second-order valence-electron chi connectivity index (χ2n) is 3.90. The molecular formula is C14H9F3N2O. The zero-order chi connectivity index (χ0) is 14.7. The Hall–Kier alpha value is -2.68. The van der Waals surface area contributed by atoms with Crippen LogP contribution in [0.1, 0.15) is 5.56 Å². The molecule has 6 heteroatoms. The summed E-state index contributed by atoms with van der Waals surface area (Å²) in [6, 6.07) is 6.97. The average molecular weight is 278 g/mol. The number of anilines is 2. The summed E-state index contributed by atoms with van der Waals surface area (Å²) in [5, 5.41) is 11.1. The maximum atomic E-state index is 13.7. The van der Waals surface area contributed by atoms with Gasteiger partial charge in [-0.05, 0) is 24.3 Å². The van der Waals surface area contributed by atoms with Crippen molar-refractivity contribution in [3.8, 4) is 11.8 Å². The number of hydrogen-bond acceptors (Lipinski definition) is 3. The van der Waals surface area contributed by atoms with Gasteiger partial charge in [0.2, 0.25) is 0 Å². The Kier molecular flexibility index (Phi) is 3.80. The molecule has 2 rings (SSSR count). The zero-order valence-corrected chi connectivity index (χ0v) is 10.4. The van der Waals surface area contributed by atoms with E-state index in [2.05, 4.69) is 5.32 Å². The van der Waals surface area contributed by atoms with Crippen LogP contribution in [0.3, 0.4) is 0 Å². The summed E-state index contributed by atoms with van der Waals surface area (Å²) in [5.74, 6) is -2.28. The van der Waals surface area contributed by atoms with E-state index >= 15 is 0 Å². The Balaban J connectivity index is 2.43. The smallest absolute Gasteiger partial charge is 0.150 e. The van der Waals surface area contributed by atoms with Crippen molar-refractivity contribution in [1.29, 1.82) is 5.26 Å². The van der Waals surface area contributed by atoms with Crippen LogP contribution in [0.5, 0.6) is 5.75 Å². The topological polar surface area (TPSA) is 45.0 Å². The summed E-state index contributed by atoms with van der Waals surface area (Å²) in [4.78, 5) is 0. The average Bonchev–Trinajstić information content (AvgIpc) is 2.43. The number of benzene rings is 2. The van der Waals surface area contributed by atoms with Crippen molar-refractivity contribution in [2.75, 3.05) is 12.4 Å². The monoisotopic (exact) mass is 278 g/mol. The van der Waals surface area contributed by atoms with Gasteiger partial charge < -0.3 is 10.1 Å². The first kappa shape index (κ1) is 13.7. The minimum atomic E-state index is -0.923. The minimum absolute atomic E-state index is 0.105. The molecule has 0 aliphatic heterocycles. The van der Waals surface area contributed by atoms with Gasteiger partial charge >= 0.3 is 0 Å². The molecule has 0 amide bonds. The van der Waals surface area contributed by atoms with Crippen molar-refractivity contribution in [3.63, 3.8) is 0 Å². The van der Waals surface area contributed by atoms with Gasteiger partial charge in [-0.3, -0.25) is 0 Å². The van der Waals surface area contributed by atoms with E-state index in [0.717, 1.165) is 24.3 Å². The van der Waals surface area contributed by atoms with Gasteiger partial charge in [-0.15, -0.1) is 0 Å². The van der Waals surface area contributed by atoms with Gasteiger partial charge in [0.15, 0.2) is 11.6 Å². The van der Waals surface area contributed by atoms with Crippen LogP contribution in [0.2, 0.25) is 0 Å². The normalized spacial score (nSPS) is 9.95. The van der Waals surface area contributed by atoms with Crippen LogP contribution in [0, 0.1) is 28.8 Å². The van der Waals surface area contributed by atoms with Crippen LogP contribution in [-0.4, -0.2) is 7.11 Å². The van der Waals surface area contributed by atoms with Gasteiger partial charge in [0.25, 0.3) is 0 Å². The molecule has 2 aromatic rings. The Morgan fingerprint density at radius 1 is 1.10 bits per heavy atom. The molecule has 0 atom stereocenters. The molecule has 0 spiro atoms. The number of nitrogens with one attached hydrogen (secondary N) is 1. The maximum absolute atomic E-state index is 13.7. The number of methoxy groups -OCH3 is 1. The lowest BCUT2D eigenvalue weighted by Crippen LogP contribution is -2.01. The number of nitriles is 1. The third-order valence-corrected chi connectivity index (χ3v) is 2.59. The zero-order valence-electron chi connectivity index (χ0n) is 10.4. The van der Waals surface area contributed by atoms with Gasteiger partial charge in [-0.25, -0.2) is 13.2 Å². The second-order valence-corrected chi connectivity index (χ2v) is 3.90. The van der Waals surface area contributed by atoms with Gasteiger partial charge in [-0.1, -0.05) is 0 Å². The van der Waals surface area contributed by atoms with Gasteiger partial charge in [0, 0.05) is 6.07 Å². The Labute approximate surface area is 113 Å². The number of hydrogen-bond donors (Lipinski definition) is 1. The van der Waals surface area contributed by atoms with E-state index in [1.807, 2.05) is 0 Å². The highest BCUT2D eigenvalue weighted by Crippen LogP contribution is 2.31. The van der Waals surface area contributed by atoms with Crippen molar-refractivity contribution in [2.24, 2.45) is 0 Å². The van der Waals surface area contributed by atoms with Gasteiger partial charge in [0.05, 0.1) is 24.4 Å². The summed E-state index contributed by atoms with van der Waals surface area (Å²) in [6.45, 7) is 0. The molecule has 0 unspecified atom stereocenters. The maximum Gasteiger partial charge on any atom is 0.150 e. The van der Waals surface area contributed by atoms with Crippen molar-refractivity contribution in [3.05, 3.63) is 53.3 Å². The van der Waals surface area contributed by atoms with Crippen LogP contribution >= 0.6 is 0 Å². The number of ether oxygens (including phenoxy) is 1. The van der Waals surface area contributed by atoms with Crippen molar-refractivity contribution in [2.45, 2.75) is 0 Å². The summed E-state index contributed by atoms with van der Waals surface area (Å²) in [6.07, 6.45) is 0. The van der Waals surface area contributed by atoms with Crippen LogP contribution in [-0.2, 0) is 0 Å². The summed E-state index contributed by atoms with van der Waals surface area (Å²) >= 11 is 0. The lowest BCUT2D eigenvalue weighted by Gasteiger charge is -2.12. The first-order chi connectivity index (χ1) is 9.55. The van der Waals surface area contributed by atoms with E-state index in [-0.39, 0.29) is 17.0 Å². The SMILES string of the molecule is COc1cc(F)ccc1Nc1c(F)cc(C#N)cc1F. The quantitative estimate of drug-likeness (QED) is 0.930. The standard InChI is InChI=1S/C14H9F3N2O/c1-20-13-6-9(15)2-3-12(13)19-14-10(16)4-8(7-18)5-11(14)17/h2-6,19H,1H3. The number of halogens is 3. The Bertz CT molecular complexity index is 672. The molecule has 0 aromatic heterocycles. The molecule has 0 aliphatic carbocycles. The molecule has 0 bridgehead atoms. The van der Waals surface area contributed by atoms with Crippen LogP contribution in [0.15, 0.2) is 30.3 Å². The van der Waals surface area contributed by atoms with E-state index in [0.29, 0.717) is 0 Å². The lowest BCUT2D eigenvalue weighted by atomic mass is 10.2. The fraction of sp³-hybridized carbons (Fsp3) is 0.0714. The molecule has 2 aromatic carbocycles. The van der Waals surface area contributed by atoms with Crippen LogP contribution in [0.4, 0.5) is 24.5 Å². The molecule has 1 N–H and O–H groups in total. The molecule has 0 aliphatic rings. The van der Waals surface area contributed by atoms with Gasteiger partial charge in [-0.2, -0.15) is 5.26 Å². The minimum Gasteiger partial charge on any atom is -0.494 e. The van der Waals surface area contributed by atoms with Crippen molar-refractivity contribution < 1.29 is 17.9 Å². The third-order valence-electron chi connectivity index (χ3n) is 2.59. The van der Waals surface area contributed by atoms with E-state index < -0.39 is 23.1 Å². The highest BCUT2D eigenvalue weighted by atomic mass is 19.1. The van der Waals surface area contributed by atoms with Crippen molar-refractivity contribution in [1.82, 2.24) is 0 Å². The number of rotatable bonds is 3. The summed E-state index contributed by atoms with van der Waals surface area (Å²) < 4.78 is 45.4. The predicted molar refractivity (Wildman–Crippen MR) is 67.3 cm³/mol. The fourth-order valence-corrected chi connectivity index (χ4v) is 1.66. The molecule has 0 heterocycles. The largest absolute Gasteiger partial charge is 0.494 e. The van der Waals surface area contributed by atoms with E-state index in [4.69, 9.17) is 10.00 Å². The van der Waals surface area contributed by atoms with Crippen LogP contribution < -0.4 is 10.1 Å². The third kappa shape index (κ3) is 2.67. The van der Waals surface area contributed by atoms with E-state index in [9.17, 15) is 13.2 Å². The first-order valence-corrected chi connectivity index (χ1v) is 5.55. The van der Waals surface area contributed by atoms with E-state index in [1.54, 1.807) is 6.07 Å². The Morgan fingerprint density at radius 3 is 2.30 bits per heavy atom. The summed E-state index contributed by atoms with van der Waals surface area (Å²) in [5.41, 5.74) is -0.359. The molecule has 0 radical (unpaired) electrons.